The Kier molecular flexibility index (Phi) is 4.57. The summed E-state index contributed by atoms with van der Waals surface area (Å²) < 4.78 is 0. The molecule has 1 aliphatic rings. The third-order valence-corrected chi connectivity index (χ3v) is 4.61. The predicted octanol–water partition coefficient (Wildman–Crippen LogP) is 4.36. The first-order valence-corrected chi connectivity index (χ1v) is 8.19. The Morgan fingerprint density at radius 1 is 0.864 bits per heavy atom. The van der Waals surface area contributed by atoms with E-state index in [1.54, 1.807) is 0 Å². The van der Waals surface area contributed by atoms with Crippen LogP contribution in [0.4, 0.5) is 0 Å². The molecule has 1 amide bonds. The summed E-state index contributed by atoms with van der Waals surface area (Å²) in [5.41, 5.74) is 1.96. The zero-order valence-electron chi connectivity index (χ0n) is 12.9. The fraction of sp³-hybridized carbons (Fsp3) is 0.350. The number of amides is 1. The van der Waals surface area contributed by atoms with Gasteiger partial charge in [0.15, 0.2) is 0 Å². The standard InChI is InChI=1S/C20H23NO/c22-19(18-12-6-2-7-13-18)21-20(14-8-3-9-15-20)16-17-10-4-1-5-11-17/h1-2,4-7,10-13H,3,8-9,14-16H2,(H,21,22). The molecule has 2 heteroatoms. The molecule has 1 fully saturated rings. The summed E-state index contributed by atoms with van der Waals surface area (Å²) in [6, 6.07) is 20.0. The van der Waals surface area contributed by atoms with Crippen LogP contribution in [0.25, 0.3) is 0 Å². The molecule has 0 radical (unpaired) electrons. The van der Waals surface area contributed by atoms with Gasteiger partial charge in [0.25, 0.3) is 5.91 Å². The van der Waals surface area contributed by atoms with Gasteiger partial charge in [0.05, 0.1) is 0 Å². The first-order valence-electron chi connectivity index (χ1n) is 8.19. The van der Waals surface area contributed by atoms with Crippen molar-refractivity contribution in [3.8, 4) is 0 Å². The van der Waals surface area contributed by atoms with Crippen LogP contribution in [-0.4, -0.2) is 11.4 Å². The number of nitrogens with one attached hydrogen (secondary N) is 1. The smallest absolute Gasteiger partial charge is 0.251 e. The first kappa shape index (κ1) is 14.8. The van der Waals surface area contributed by atoms with Crippen LogP contribution in [0.1, 0.15) is 48.0 Å². The van der Waals surface area contributed by atoms with Crippen molar-refractivity contribution in [1.29, 1.82) is 0 Å². The van der Waals surface area contributed by atoms with Gasteiger partial charge in [-0.3, -0.25) is 4.79 Å². The molecule has 0 aliphatic heterocycles. The molecular formula is C20H23NO. The van der Waals surface area contributed by atoms with E-state index in [0.717, 1.165) is 24.8 Å². The average Bonchev–Trinajstić information content (AvgIpc) is 2.57. The lowest BCUT2D eigenvalue weighted by Gasteiger charge is -2.38. The van der Waals surface area contributed by atoms with Crippen LogP contribution in [0, 0.1) is 0 Å². The van der Waals surface area contributed by atoms with Crippen molar-refractivity contribution in [1.82, 2.24) is 5.32 Å². The van der Waals surface area contributed by atoms with Crippen molar-refractivity contribution in [3.05, 3.63) is 71.8 Å². The van der Waals surface area contributed by atoms with E-state index in [0.29, 0.717) is 0 Å². The molecule has 1 aliphatic carbocycles. The van der Waals surface area contributed by atoms with E-state index in [1.807, 2.05) is 36.4 Å². The van der Waals surface area contributed by atoms with E-state index < -0.39 is 0 Å². The van der Waals surface area contributed by atoms with Gasteiger partial charge in [-0.25, -0.2) is 0 Å². The van der Waals surface area contributed by atoms with E-state index in [1.165, 1.54) is 24.8 Å². The van der Waals surface area contributed by atoms with Gasteiger partial charge < -0.3 is 5.32 Å². The maximum absolute atomic E-state index is 12.6. The zero-order valence-corrected chi connectivity index (χ0v) is 12.9. The van der Waals surface area contributed by atoms with Gasteiger partial charge >= 0.3 is 0 Å². The zero-order chi connectivity index (χ0) is 15.3. The molecule has 114 valence electrons. The van der Waals surface area contributed by atoms with Gasteiger partial charge in [-0.1, -0.05) is 67.8 Å². The number of carbonyl (C=O) groups excluding carboxylic acids is 1. The Morgan fingerprint density at radius 2 is 1.45 bits per heavy atom. The maximum Gasteiger partial charge on any atom is 0.251 e. The van der Waals surface area contributed by atoms with E-state index >= 15 is 0 Å². The summed E-state index contributed by atoms with van der Waals surface area (Å²) >= 11 is 0. The average molecular weight is 293 g/mol. The van der Waals surface area contributed by atoms with Crippen molar-refractivity contribution in [2.75, 3.05) is 0 Å². The summed E-state index contributed by atoms with van der Waals surface area (Å²) in [7, 11) is 0. The summed E-state index contributed by atoms with van der Waals surface area (Å²) in [6.45, 7) is 0. The number of hydrogen-bond acceptors (Lipinski definition) is 1. The van der Waals surface area contributed by atoms with Gasteiger partial charge in [-0.15, -0.1) is 0 Å². The normalized spacial score (nSPS) is 16.9. The quantitative estimate of drug-likeness (QED) is 0.891. The molecule has 0 unspecified atom stereocenters. The molecule has 1 N–H and O–H groups in total. The highest BCUT2D eigenvalue weighted by molar-refractivity contribution is 5.94. The van der Waals surface area contributed by atoms with Gasteiger partial charge in [-0.05, 0) is 37.0 Å². The minimum absolute atomic E-state index is 0.0541. The Balaban J connectivity index is 1.79. The fourth-order valence-corrected chi connectivity index (χ4v) is 3.46. The molecule has 22 heavy (non-hydrogen) atoms. The Bertz CT molecular complexity index is 600. The third kappa shape index (κ3) is 3.56. The molecule has 2 nitrogen and oxygen atoms in total. The number of benzene rings is 2. The topological polar surface area (TPSA) is 29.1 Å². The second-order valence-electron chi connectivity index (χ2n) is 6.32. The molecule has 0 atom stereocenters. The number of rotatable bonds is 4. The third-order valence-electron chi connectivity index (χ3n) is 4.61. The lowest BCUT2D eigenvalue weighted by Crippen LogP contribution is -2.51. The highest BCUT2D eigenvalue weighted by Gasteiger charge is 2.33. The lowest BCUT2D eigenvalue weighted by atomic mass is 9.77. The van der Waals surface area contributed by atoms with Crippen molar-refractivity contribution in [2.24, 2.45) is 0 Å². The number of hydrogen-bond donors (Lipinski definition) is 1. The molecule has 0 heterocycles. The maximum atomic E-state index is 12.6. The van der Waals surface area contributed by atoms with Crippen LogP contribution < -0.4 is 5.32 Å². The Hall–Kier alpha value is -2.09. The van der Waals surface area contributed by atoms with Crippen molar-refractivity contribution in [2.45, 2.75) is 44.1 Å². The fourth-order valence-electron chi connectivity index (χ4n) is 3.46. The van der Waals surface area contributed by atoms with E-state index in [4.69, 9.17) is 0 Å². The Morgan fingerprint density at radius 3 is 2.09 bits per heavy atom. The van der Waals surface area contributed by atoms with E-state index in [-0.39, 0.29) is 11.4 Å². The molecule has 2 aromatic rings. The van der Waals surface area contributed by atoms with Crippen LogP contribution in [0.3, 0.4) is 0 Å². The summed E-state index contributed by atoms with van der Waals surface area (Å²) in [5, 5.41) is 3.36. The minimum atomic E-state index is -0.0907. The monoisotopic (exact) mass is 293 g/mol. The SMILES string of the molecule is O=C(NC1(Cc2ccccc2)CCCCC1)c1ccccc1. The van der Waals surface area contributed by atoms with Crippen LogP contribution in [0.2, 0.25) is 0 Å². The summed E-state index contributed by atoms with van der Waals surface area (Å²) in [5.74, 6) is 0.0541. The molecule has 0 saturated heterocycles. The van der Waals surface area contributed by atoms with Gasteiger partial charge in [0.1, 0.15) is 0 Å². The molecule has 3 rings (SSSR count). The van der Waals surface area contributed by atoms with Crippen molar-refractivity contribution >= 4 is 5.91 Å². The first-order chi connectivity index (χ1) is 10.8. The van der Waals surface area contributed by atoms with Crippen molar-refractivity contribution in [3.63, 3.8) is 0 Å². The van der Waals surface area contributed by atoms with Gasteiger partial charge in [-0.2, -0.15) is 0 Å². The molecular weight excluding hydrogens is 270 g/mol. The van der Waals surface area contributed by atoms with Crippen molar-refractivity contribution < 1.29 is 4.79 Å². The van der Waals surface area contributed by atoms with Gasteiger partial charge in [0, 0.05) is 11.1 Å². The lowest BCUT2D eigenvalue weighted by molar-refractivity contribution is 0.0868. The van der Waals surface area contributed by atoms with E-state index in [9.17, 15) is 4.79 Å². The second-order valence-corrected chi connectivity index (χ2v) is 6.32. The Labute approximate surface area is 132 Å². The molecule has 1 saturated carbocycles. The van der Waals surface area contributed by atoms with Gasteiger partial charge in [0.2, 0.25) is 0 Å². The van der Waals surface area contributed by atoms with Crippen LogP contribution in [0.5, 0.6) is 0 Å². The molecule has 2 aromatic carbocycles. The highest BCUT2D eigenvalue weighted by atomic mass is 16.1. The van der Waals surface area contributed by atoms with Crippen LogP contribution in [-0.2, 0) is 6.42 Å². The van der Waals surface area contributed by atoms with E-state index in [2.05, 4.69) is 29.6 Å². The molecule has 0 aromatic heterocycles. The minimum Gasteiger partial charge on any atom is -0.346 e. The summed E-state index contributed by atoms with van der Waals surface area (Å²) in [4.78, 5) is 12.6. The largest absolute Gasteiger partial charge is 0.346 e. The second kappa shape index (κ2) is 6.78. The van der Waals surface area contributed by atoms with Crippen LogP contribution >= 0.6 is 0 Å². The number of carbonyl (C=O) groups is 1. The summed E-state index contributed by atoms with van der Waals surface area (Å²) in [6.07, 6.45) is 6.73. The predicted molar refractivity (Wildman–Crippen MR) is 89.9 cm³/mol. The van der Waals surface area contributed by atoms with Crippen LogP contribution in [0.15, 0.2) is 60.7 Å². The molecule has 0 bridgehead atoms. The molecule has 0 spiro atoms. The highest BCUT2D eigenvalue weighted by Crippen LogP contribution is 2.31.